The maximum Gasteiger partial charge on any atom is -0.000697 e. The molecular formula is C62H36. The molecule has 0 aromatic heterocycles. The maximum atomic E-state index is 2.53. The molecule has 14 aromatic rings. The minimum absolute atomic E-state index is 1.22. The van der Waals surface area contributed by atoms with E-state index in [2.05, 4.69) is 218 Å². The Kier molecular flexibility index (Phi) is 6.92. The van der Waals surface area contributed by atoms with Crippen LogP contribution in [0, 0.1) is 0 Å². The van der Waals surface area contributed by atoms with E-state index in [9.17, 15) is 0 Å². The van der Waals surface area contributed by atoms with Crippen LogP contribution in [0.5, 0.6) is 0 Å². The summed E-state index contributed by atoms with van der Waals surface area (Å²) in [5.41, 5.74) is 10.1. The van der Waals surface area contributed by atoms with Gasteiger partial charge in [-0.05, 0) is 160 Å². The number of fused-ring (bicyclic) bond motifs is 11. The fraction of sp³-hybridized carbons (Fsp3) is 0. The Morgan fingerprint density at radius 3 is 1.44 bits per heavy atom. The lowest BCUT2D eigenvalue weighted by Crippen LogP contribution is -1.91. The largest absolute Gasteiger partial charge is 0.0622 e. The first kappa shape index (κ1) is 33.7. The average molecular weight is 781 g/mol. The molecule has 0 saturated heterocycles. The van der Waals surface area contributed by atoms with Crippen molar-refractivity contribution in [3.05, 3.63) is 218 Å². The highest BCUT2D eigenvalue weighted by Gasteiger charge is 2.27. The van der Waals surface area contributed by atoms with Crippen LogP contribution in [0.3, 0.4) is 0 Å². The van der Waals surface area contributed by atoms with Gasteiger partial charge in [0.05, 0.1) is 0 Å². The van der Waals surface area contributed by atoms with Gasteiger partial charge in [0.1, 0.15) is 0 Å². The molecule has 0 aliphatic rings. The van der Waals surface area contributed by atoms with Crippen LogP contribution in [-0.2, 0) is 0 Å². The second-order valence-electron chi connectivity index (χ2n) is 17.0. The summed E-state index contributed by atoms with van der Waals surface area (Å²) in [6.45, 7) is 0. The van der Waals surface area contributed by atoms with E-state index in [-0.39, 0.29) is 0 Å². The monoisotopic (exact) mass is 780 g/mol. The van der Waals surface area contributed by atoms with Crippen molar-refractivity contribution in [3.8, 4) is 44.5 Å². The summed E-state index contributed by atoms with van der Waals surface area (Å²) in [4.78, 5) is 0. The number of rotatable bonds is 4. The van der Waals surface area contributed by atoms with Crippen LogP contribution in [0.1, 0.15) is 0 Å². The molecule has 0 unspecified atom stereocenters. The van der Waals surface area contributed by atoms with Crippen molar-refractivity contribution < 1.29 is 0 Å². The van der Waals surface area contributed by atoms with Gasteiger partial charge in [0.25, 0.3) is 0 Å². The molecule has 14 aromatic carbocycles. The van der Waals surface area contributed by atoms with E-state index in [4.69, 9.17) is 0 Å². The molecule has 0 fully saturated rings. The number of hydrogen-bond acceptors (Lipinski definition) is 0. The Hall–Kier alpha value is -8.06. The third-order valence-electron chi connectivity index (χ3n) is 13.9. The highest BCUT2D eigenvalue weighted by Crippen LogP contribution is 2.55. The first-order valence-electron chi connectivity index (χ1n) is 21.7. The quantitative estimate of drug-likeness (QED) is 0.156. The average Bonchev–Trinajstić information content (AvgIpc) is 3.84. The summed E-state index contributed by atoms with van der Waals surface area (Å²) >= 11 is 0. The molecule has 0 radical (unpaired) electrons. The fourth-order valence-corrected chi connectivity index (χ4v) is 11.4. The molecule has 0 amide bonds. The van der Waals surface area contributed by atoms with Gasteiger partial charge in [0.2, 0.25) is 0 Å². The lowest BCUT2D eigenvalue weighted by atomic mass is 9.83. The Balaban J connectivity index is 1.20. The van der Waals surface area contributed by atoms with Crippen molar-refractivity contribution in [2.75, 3.05) is 0 Å². The molecule has 284 valence electrons. The number of hydrogen-bond donors (Lipinski definition) is 0. The van der Waals surface area contributed by atoms with Crippen LogP contribution in [0.15, 0.2) is 218 Å². The fourth-order valence-electron chi connectivity index (χ4n) is 11.4. The lowest BCUT2D eigenvalue weighted by Gasteiger charge is -2.19. The van der Waals surface area contributed by atoms with Gasteiger partial charge in [-0.1, -0.05) is 200 Å². The molecule has 0 atom stereocenters. The summed E-state index contributed by atoms with van der Waals surface area (Å²) in [6.07, 6.45) is 0. The normalized spacial score (nSPS) is 12.2. The van der Waals surface area contributed by atoms with Gasteiger partial charge < -0.3 is 0 Å². The maximum absolute atomic E-state index is 2.53. The summed E-state index contributed by atoms with van der Waals surface area (Å²) in [5.74, 6) is 0. The van der Waals surface area contributed by atoms with Crippen molar-refractivity contribution in [2.24, 2.45) is 0 Å². The van der Waals surface area contributed by atoms with Gasteiger partial charge in [-0.25, -0.2) is 0 Å². The molecule has 62 heavy (non-hydrogen) atoms. The van der Waals surface area contributed by atoms with E-state index in [1.807, 2.05) is 0 Å². The minimum atomic E-state index is 1.22. The standard InChI is InChI=1S/C62H36/c1-4-16-37(17-5-1)45-33-30-38-18-10-11-23-44(38)55(45)41-31-32-43-42(34-41)35-53-59-48(43)26-14-29-51(59)61-56(39-19-6-2-7-20-39)54-36-52-47-25-13-12-24-46(47)49-27-15-28-50(58(49)52)60(54)57(62(53)61)40-21-8-3-9-22-40/h1-36H. The molecule has 0 spiro atoms. The van der Waals surface area contributed by atoms with E-state index < -0.39 is 0 Å². The first-order chi connectivity index (χ1) is 30.8. The predicted octanol–water partition coefficient (Wildman–Crippen LogP) is 17.6. The smallest absolute Gasteiger partial charge is 0.000697 e. The van der Waals surface area contributed by atoms with Gasteiger partial charge in [-0.15, -0.1) is 0 Å². The zero-order chi connectivity index (χ0) is 40.5. The van der Waals surface area contributed by atoms with Crippen molar-refractivity contribution in [3.63, 3.8) is 0 Å². The minimum Gasteiger partial charge on any atom is -0.0622 e. The molecule has 0 bridgehead atoms. The molecular weight excluding hydrogens is 745 g/mol. The third kappa shape index (κ3) is 4.56. The Labute approximate surface area is 358 Å². The summed E-state index contributed by atoms with van der Waals surface area (Å²) in [6, 6.07) is 81.8. The van der Waals surface area contributed by atoms with Crippen molar-refractivity contribution >= 4 is 97.0 Å². The molecule has 14 rings (SSSR count). The van der Waals surface area contributed by atoms with E-state index in [1.54, 1.807) is 0 Å². The van der Waals surface area contributed by atoms with Crippen LogP contribution in [0.2, 0.25) is 0 Å². The van der Waals surface area contributed by atoms with E-state index in [0.717, 1.165) is 0 Å². The highest BCUT2D eigenvalue weighted by molar-refractivity contribution is 6.46. The first-order valence-corrected chi connectivity index (χ1v) is 21.7. The van der Waals surface area contributed by atoms with Gasteiger partial charge in [0.15, 0.2) is 0 Å². The Morgan fingerprint density at radius 1 is 0.177 bits per heavy atom. The second-order valence-corrected chi connectivity index (χ2v) is 17.0. The molecule has 0 saturated carbocycles. The van der Waals surface area contributed by atoms with Crippen LogP contribution < -0.4 is 0 Å². The van der Waals surface area contributed by atoms with E-state index >= 15 is 0 Å². The number of benzene rings is 12. The Morgan fingerprint density at radius 2 is 0.710 bits per heavy atom. The summed E-state index contributed by atoms with van der Waals surface area (Å²) < 4.78 is 0. The zero-order valence-electron chi connectivity index (χ0n) is 33.8. The predicted molar refractivity (Wildman–Crippen MR) is 268 cm³/mol. The van der Waals surface area contributed by atoms with Crippen molar-refractivity contribution in [2.45, 2.75) is 0 Å². The topological polar surface area (TPSA) is 0 Å². The third-order valence-corrected chi connectivity index (χ3v) is 13.9. The van der Waals surface area contributed by atoms with E-state index in [0.29, 0.717) is 0 Å². The zero-order valence-corrected chi connectivity index (χ0v) is 33.8. The van der Waals surface area contributed by atoms with E-state index in [1.165, 1.54) is 141 Å². The van der Waals surface area contributed by atoms with Crippen molar-refractivity contribution in [1.82, 2.24) is 0 Å². The molecule has 0 heterocycles. The lowest BCUT2D eigenvalue weighted by molar-refractivity contribution is 1.62. The van der Waals surface area contributed by atoms with Gasteiger partial charge >= 0.3 is 0 Å². The van der Waals surface area contributed by atoms with Crippen molar-refractivity contribution in [1.29, 1.82) is 0 Å². The summed E-state index contributed by atoms with van der Waals surface area (Å²) in [5, 5.41) is 23.5. The molecule has 0 heteroatoms. The second kappa shape index (κ2) is 12.7. The van der Waals surface area contributed by atoms with Crippen LogP contribution in [-0.4, -0.2) is 0 Å². The highest BCUT2D eigenvalue weighted by atomic mass is 14.3. The summed E-state index contributed by atoms with van der Waals surface area (Å²) in [7, 11) is 0. The molecule has 0 N–H and O–H groups in total. The molecule has 0 aliphatic heterocycles. The van der Waals surface area contributed by atoms with Crippen LogP contribution in [0.4, 0.5) is 0 Å². The SMILES string of the molecule is c1ccc(-c2ccc3ccccc3c2-c2ccc3c(c2)cc2c4c(-c5ccccc5)c5c(cc6c7ccccc7c7cccc5c76)c(-c5ccccc5)c4c4cccc3c42)cc1. The Bertz CT molecular complexity index is 4110. The van der Waals surface area contributed by atoms with Gasteiger partial charge in [-0.2, -0.15) is 0 Å². The molecule has 0 nitrogen and oxygen atoms in total. The molecule has 0 aliphatic carbocycles. The van der Waals surface area contributed by atoms with Crippen LogP contribution in [0.25, 0.3) is 141 Å². The van der Waals surface area contributed by atoms with Crippen LogP contribution >= 0.6 is 0 Å². The van der Waals surface area contributed by atoms with Gasteiger partial charge in [-0.3, -0.25) is 0 Å². The van der Waals surface area contributed by atoms with Gasteiger partial charge in [0, 0.05) is 0 Å².